The summed E-state index contributed by atoms with van der Waals surface area (Å²) in [7, 11) is 2.12. The van der Waals surface area contributed by atoms with Crippen LogP contribution < -0.4 is 5.73 Å². The Kier molecular flexibility index (Phi) is 2.44. The Balaban J connectivity index is 2.12. The third-order valence-corrected chi connectivity index (χ3v) is 3.94. The number of nitrogens with two attached hydrogens (primary N) is 1. The number of nitrogens with zero attached hydrogens (tertiary/aromatic N) is 2. The monoisotopic (exact) mass is 229 g/mol. The van der Waals surface area contributed by atoms with Gasteiger partial charge in [-0.15, -0.1) is 0 Å². The standard InChI is InChI=1S/C14H19N3/c1-9(15)11-6-7-12-13(8-11)17(2)14(16-12)10-4-3-5-10/h6-10H,3-5,15H2,1-2H3. The Labute approximate surface area is 102 Å². The molecule has 1 aromatic carbocycles. The van der Waals surface area contributed by atoms with Crippen molar-refractivity contribution < 1.29 is 0 Å². The summed E-state index contributed by atoms with van der Waals surface area (Å²) in [6.45, 7) is 2.02. The van der Waals surface area contributed by atoms with Crippen LogP contribution in [0.5, 0.6) is 0 Å². The number of hydrogen-bond acceptors (Lipinski definition) is 2. The SMILES string of the molecule is CC(N)c1ccc2nc(C3CCC3)n(C)c2c1. The predicted molar refractivity (Wildman–Crippen MR) is 69.9 cm³/mol. The topological polar surface area (TPSA) is 43.8 Å². The van der Waals surface area contributed by atoms with Gasteiger partial charge in [-0.1, -0.05) is 12.5 Å². The van der Waals surface area contributed by atoms with Crippen LogP contribution in [-0.4, -0.2) is 9.55 Å². The Bertz CT molecular complexity index is 550. The summed E-state index contributed by atoms with van der Waals surface area (Å²) in [6, 6.07) is 6.44. The van der Waals surface area contributed by atoms with Crippen LogP contribution in [-0.2, 0) is 7.05 Å². The van der Waals surface area contributed by atoms with Crippen LogP contribution >= 0.6 is 0 Å². The van der Waals surface area contributed by atoms with E-state index in [9.17, 15) is 0 Å². The van der Waals surface area contributed by atoms with Crippen LogP contribution in [0.2, 0.25) is 0 Å². The summed E-state index contributed by atoms with van der Waals surface area (Å²) in [5.41, 5.74) is 9.42. The molecule has 0 spiro atoms. The van der Waals surface area contributed by atoms with Gasteiger partial charge in [0.15, 0.2) is 0 Å². The summed E-state index contributed by atoms with van der Waals surface area (Å²) in [4.78, 5) is 4.76. The first-order chi connectivity index (χ1) is 8.16. The molecule has 3 heteroatoms. The molecule has 1 atom stereocenters. The smallest absolute Gasteiger partial charge is 0.112 e. The molecule has 1 saturated carbocycles. The molecule has 0 radical (unpaired) electrons. The molecule has 3 nitrogen and oxygen atoms in total. The second-order valence-electron chi connectivity index (χ2n) is 5.19. The van der Waals surface area contributed by atoms with Gasteiger partial charge in [-0.25, -0.2) is 4.98 Å². The molecule has 0 aliphatic heterocycles. The molecule has 1 aromatic heterocycles. The Hall–Kier alpha value is -1.35. The van der Waals surface area contributed by atoms with E-state index in [0.29, 0.717) is 5.92 Å². The molecule has 3 rings (SSSR count). The lowest BCUT2D eigenvalue weighted by Gasteiger charge is -2.24. The van der Waals surface area contributed by atoms with Gasteiger partial charge >= 0.3 is 0 Å². The van der Waals surface area contributed by atoms with Gasteiger partial charge in [0, 0.05) is 19.0 Å². The zero-order valence-corrected chi connectivity index (χ0v) is 10.5. The van der Waals surface area contributed by atoms with Crippen molar-refractivity contribution in [2.75, 3.05) is 0 Å². The van der Waals surface area contributed by atoms with Crippen molar-refractivity contribution in [3.63, 3.8) is 0 Å². The fraction of sp³-hybridized carbons (Fsp3) is 0.500. The van der Waals surface area contributed by atoms with Crippen LogP contribution in [0.4, 0.5) is 0 Å². The largest absolute Gasteiger partial charge is 0.331 e. The average Bonchev–Trinajstić information content (AvgIpc) is 2.54. The molecule has 1 aliphatic rings. The van der Waals surface area contributed by atoms with E-state index in [1.807, 2.05) is 6.92 Å². The van der Waals surface area contributed by atoms with Crippen LogP contribution in [0.3, 0.4) is 0 Å². The summed E-state index contributed by atoms with van der Waals surface area (Å²) in [5.74, 6) is 1.92. The van der Waals surface area contributed by atoms with Crippen molar-refractivity contribution in [3.05, 3.63) is 29.6 Å². The molecule has 1 fully saturated rings. The maximum atomic E-state index is 5.93. The first kappa shape index (κ1) is 10.8. The molecule has 0 amide bonds. The van der Waals surface area contributed by atoms with E-state index < -0.39 is 0 Å². The van der Waals surface area contributed by atoms with Crippen molar-refractivity contribution in [2.24, 2.45) is 12.8 Å². The van der Waals surface area contributed by atoms with Crippen molar-refractivity contribution in [1.82, 2.24) is 9.55 Å². The van der Waals surface area contributed by atoms with E-state index in [1.54, 1.807) is 0 Å². The minimum atomic E-state index is 0.0847. The van der Waals surface area contributed by atoms with E-state index >= 15 is 0 Å². The lowest BCUT2D eigenvalue weighted by atomic mass is 9.85. The Morgan fingerprint density at radius 3 is 2.76 bits per heavy atom. The van der Waals surface area contributed by atoms with E-state index in [-0.39, 0.29) is 6.04 Å². The number of aromatic nitrogens is 2. The molecule has 2 N–H and O–H groups in total. The van der Waals surface area contributed by atoms with Gasteiger partial charge in [0.25, 0.3) is 0 Å². The molecular formula is C14H19N3. The highest BCUT2D eigenvalue weighted by Gasteiger charge is 2.24. The minimum Gasteiger partial charge on any atom is -0.331 e. The van der Waals surface area contributed by atoms with E-state index in [2.05, 4.69) is 29.8 Å². The maximum absolute atomic E-state index is 5.93. The Morgan fingerprint density at radius 1 is 1.41 bits per heavy atom. The number of rotatable bonds is 2. The highest BCUT2D eigenvalue weighted by molar-refractivity contribution is 5.77. The second-order valence-corrected chi connectivity index (χ2v) is 5.19. The van der Waals surface area contributed by atoms with Gasteiger partial charge in [0.05, 0.1) is 11.0 Å². The number of benzene rings is 1. The lowest BCUT2D eigenvalue weighted by Crippen LogP contribution is -2.13. The summed E-state index contributed by atoms with van der Waals surface area (Å²) in [6.07, 6.45) is 3.92. The summed E-state index contributed by atoms with van der Waals surface area (Å²) < 4.78 is 2.24. The molecule has 0 saturated heterocycles. The fourth-order valence-electron chi connectivity index (χ4n) is 2.54. The van der Waals surface area contributed by atoms with Crippen molar-refractivity contribution in [3.8, 4) is 0 Å². The third-order valence-electron chi connectivity index (χ3n) is 3.94. The van der Waals surface area contributed by atoms with Crippen molar-refractivity contribution in [1.29, 1.82) is 0 Å². The molecule has 1 aliphatic carbocycles. The second kappa shape index (κ2) is 3.84. The first-order valence-electron chi connectivity index (χ1n) is 6.38. The summed E-state index contributed by atoms with van der Waals surface area (Å²) in [5, 5.41) is 0. The van der Waals surface area contributed by atoms with Crippen molar-refractivity contribution in [2.45, 2.75) is 38.1 Å². The van der Waals surface area contributed by atoms with Crippen molar-refractivity contribution >= 4 is 11.0 Å². The molecule has 1 unspecified atom stereocenters. The molecule has 0 bridgehead atoms. The van der Waals surface area contributed by atoms with Gasteiger partial charge in [-0.3, -0.25) is 0 Å². The minimum absolute atomic E-state index is 0.0847. The van der Waals surface area contributed by atoms with Gasteiger partial charge in [0.1, 0.15) is 5.82 Å². The number of aryl methyl sites for hydroxylation is 1. The molecule has 2 aromatic rings. The van der Waals surface area contributed by atoms with Crippen LogP contribution in [0.25, 0.3) is 11.0 Å². The van der Waals surface area contributed by atoms with Gasteiger partial charge in [-0.05, 0) is 37.5 Å². The number of imidazole rings is 1. The van der Waals surface area contributed by atoms with Crippen LogP contribution in [0, 0.1) is 0 Å². The quantitative estimate of drug-likeness (QED) is 0.860. The van der Waals surface area contributed by atoms with Crippen LogP contribution in [0.1, 0.15) is 49.5 Å². The number of fused-ring (bicyclic) bond motifs is 1. The van der Waals surface area contributed by atoms with Gasteiger partial charge < -0.3 is 10.3 Å². The van der Waals surface area contributed by atoms with Crippen LogP contribution in [0.15, 0.2) is 18.2 Å². The normalized spacial score (nSPS) is 18.3. The fourth-order valence-corrected chi connectivity index (χ4v) is 2.54. The number of hydrogen-bond donors (Lipinski definition) is 1. The van der Waals surface area contributed by atoms with E-state index in [1.165, 1.54) is 36.2 Å². The highest BCUT2D eigenvalue weighted by atomic mass is 15.1. The first-order valence-corrected chi connectivity index (χ1v) is 6.38. The highest BCUT2D eigenvalue weighted by Crippen LogP contribution is 2.36. The van der Waals surface area contributed by atoms with E-state index in [4.69, 9.17) is 10.7 Å². The van der Waals surface area contributed by atoms with Gasteiger partial charge in [0.2, 0.25) is 0 Å². The molecule has 17 heavy (non-hydrogen) atoms. The Morgan fingerprint density at radius 2 is 2.18 bits per heavy atom. The van der Waals surface area contributed by atoms with E-state index in [0.717, 1.165) is 5.52 Å². The maximum Gasteiger partial charge on any atom is 0.112 e. The average molecular weight is 229 g/mol. The van der Waals surface area contributed by atoms with Gasteiger partial charge in [-0.2, -0.15) is 0 Å². The zero-order chi connectivity index (χ0) is 12.0. The molecule has 1 heterocycles. The molecular weight excluding hydrogens is 210 g/mol. The zero-order valence-electron chi connectivity index (χ0n) is 10.5. The third kappa shape index (κ3) is 1.65. The summed E-state index contributed by atoms with van der Waals surface area (Å²) >= 11 is 0. The molecule has 90 valence electrons. The lowest BCUT2D eigenvalue weighted by molar-refractivity contribution is 0.394. The predicted octanol–water partition coefficient (Wildman–Crippen LogP) is 2.86.